The molecule has 1 amide bonds. The third kappa shape index (κ3) is 6.03. The van der Waals surface area contributed by atoms with Crippen molar-refractivity contribution in [3.05, 3.63) is 70.2 Å². The molecule has 3 rings (SSSR count). The minimum absolute atomic E-state index is 0.129. The van der Waals surface area contributed by atoms with Crippen LogP contribution in [-0.4, -0.2) is 43.7 Å². The SMILES string of the molecule is C[N+](C)(Cc1cccc(NC(=O)/C=C/c2cccc(Br)c2)c1)C1CCOCC1. The van der Waals surface area contributed by atoms with Crippen molar-refractivity contribution in [1.29, 1.82) is 0 Å². The summed E-state index contributed by atoms with van der Waals surface area (Å²) in [6.45, 7) is 2.64. The van der Waals surface area contributed by atoms with Gasteiger partial charge in [-0.25, -0.2) is 0 Å². The van der Waals surface area contributed by atoms with E-state index >= 15 is 0 Å². The first-order valence-electron chi connectivity index (χ1n) is 9.66. The second-order valence-electron chi connectivity index (χ2n) is 7.86. The number of hydrogen-bond acceptors (Lipinski definition) is 2. The van der Waals surface area contributed by atoms with Gasteiger partial charge in [-0.1, -0.05) is 40.2 Å². The molecule has 1 aliphatic rings. The zero-order valence-electron chi connectivity index (χ0n) is 16.5. The van der Waals surface area contributed by atoms with Gasteiger partial charge in [0.15, 0.2) is 0 Å². The average Bonchev–Trinajstić information content (AvgIpc) is 2.67. The first kappa shape index (κ1) is 20.8. The highest BCUT2D eigenvalue weighted by Gasteiger charge is 2.30. The number of rotatable bonds is 6. The molecule has 0 aliphatic carbocycles. The summed E-state index contributed by atoms with van der Waals surface area (Å²) in [7, 11) is 4.56. The lowest BCUT2D eigenvalue weighted by Gasteiger charge is -2.40. The van der Waals surface area contributed by atoms with Crippen LogP contribution in [0.2, 0.25) is 0 Å². The van der Waals surface area contributed by atoms with Crippen LogP contribution in [0.1, 0.15) is 24.0 Å². The Balaban J connectivity index is 1.61. The Labute approximate surface area is 175 Å². The van der Waals surface area contributed by atoms with Crippen molar-refractivity contribution >= 4 is 33.6 Å². The van der Waals surface area contributed by atoms with E-state index in [1.165, 1.54) is 5.56 Å². The van der Waals surface area contributed by atoms with E-state index in [1.54, 1.807) is 6.08 Å². The van der Waals surface area contributed by atoms with Crippen molar-refractivity contribution in [3.63, 3.8) is 0 Å². The van der Waals surface area contributed by atoms with Crippen LogP contribution in [0.4, 0.5) is 5.69 Å². The van der Waals surface area contributed by atoms with Gasteiger partial charge < -0.3 is 14.5 Å². The quantitative estimate of drug-likeness (QED) is 0.511. The number of anilines is 1. The lowest BCUT2D eigenvalue weighted by molar-refractivity contribution is -0.929. The molecule has 1 saturated heterocycles. The van der Waals surface area contributed by atoms with Gasteiger partial charge in [0, 0.05) is 34.6 Å². The number of nitrogens with zero attached hydrogens (tertiary/aromatic N) is 1. The van der Waals surface area contributed by atoms with Crippen LogP contribution >= 0.6 is 15.9 Å². The minimum atomic E-state index is -0.129. The lowest BCUT2D eigenvalue weighted by atomic mass is 10.0. The fraction of sp³-hybridized carbons (Fsp3) is 0.348. The number of nitrogens with one attached hydrogen (secondary N) is 1. The summed E-state index contributed by atoms with van der Waals surface area (Å²) in [4.78, 5) is 12.3. The monoisotopic (exact) mass is 443 g/mol. The number of hydrogen-bond donors (Lipinski definition) is 1. The predicted molar refractivity (Wildman–Crippen MR) is 118 cm³/mol. The highest BCUT2D eigenvalue weighted by atomic mass is 79.9. The van der Waals surface area contributed by atoms with Gasteiger partial charge >= 0.3 is 0 Å². The number of benzene rings is 2. The average molecular weight is 444 g/mol. The molecule has 5 heteroatoms. The first-order valence-corrected chi connectivity index (χ1v) is 10.5. The van der Waals surface area contributed by atoms with E-state index < -0.39 is 0 Å². The summed E-state index contributed by atoms with van der Waals surface area (Å²) in [5.41, 5.74) is 3.03. The minimum Gasteiger partial charge on any atom is -0.381 e. The van der Waals surface area contributed by atoms with Gasteiger partial charge in [-0.3, -0.25) is 4.79 Å². The first-order chi connectivity index (χ1) is 13.4. The topological polar surface area (TPSA) is 38.3 Å². The molecule has 2 aromatic rings. The smallest absolute Gasteiger partial charge is 0.248 e. The molecule has 0 saturated carbocycles. The Morgan fingerprint density at radius 1 is 1.18 bits per heavy atom. The van der Waals surface area contributed by atoms with Crippen molar-refractivity contribution in [2.75, 3.05) is 32.6 Å². The van der Waals surface area contributed by atoms with Gasteiger partial charge in [-0.2, -0.15) is 0 Å². The molecule has 4 nitrogen and oxygen atoms in total. The van der Waals surface area contributed by atoms with Crippen molar-refractivity contribution in [3.8, 4) is 0 Å². The molecule has 28 heavy (non-hydrogen) atoms. The fourth-order valence-electron chi connectivity index (χ4n) is 3.70. The Morgan fingerprint density at radius 2 is 1.93 bits per heavy atom. The normalized spacial score (nSPS) is 15.7. The molecule has 1 N–H and O–H groups in total. The zero-order valence-corrected chi connectivity index (χ0v) is 18.1. The van der Waals surface area contributed by atoms with E-state index in [9.17, 15) is 4.79 Å². The maximum Gasteiger partial charge on any atom is 0.248 e. The van der Waals surface area contributed by atoms with E-state index in [-0.39, 0.29) is 5.91 Å². The van der Waals surface area contributed by atoms with Crippen molar-refractivity contribution in [2.45, 2.75) is 25.4 Å². The van der Waals surface area contributed by atoms with Gasteiger partial charge in [-0.05, 0) is 35.9 Å². The summed E-state index contributed by atoms with van der Waals surface area (Å²) < 4.78 is 7.43. The molecular weight excluding hydrogens is 416 g/mol. The van der Waals surface area contributed by atoms with Gasteiger partial charge in [0.1, 0.15) is 6.54 Å². The van der Waals surface area contributed by atoms with E-state index in [1.807, 2.05) is 42.5 Å². The molecule has 1 aliphatic heterocycles. The maximum absolute atomic E-state index is 12.3. The third-order valence-corrected chi connectivity index (χ3v) is 5.73. The van der Waals surface area contributed by atoms with Gasteiger partial charge in [0.05, 0.1) is 33.4 Å². The summed E-state index contributed by atoms with van der Waals surface area (Å²) >= 11 is 3.44. The van der Waals surface area contributed by atoms with E-state index in [0.29, 0.717) is 6.04 Å². The molecule has 148 valence electrons. The van der Waals surface area contributed by atoms with E-state index in [2.05, 4.69) is 47.5 Å². The number of halogens is 1. The number of ether oxygens (including phenoxy) is 1. The van der Waals surface area contributed by atoms with E-state index in [4.69, 9.17) is 4.74 Å². The molecule has 0 atom stereocenters. The highest BCUT2D eigenvalue weighted by molar-refractivity contribution is 9.10. The summed E-state index contributed by atoms with van der Waals surface area (Å²) in [6, 6.07) is 16.6. The van der Waals surface area contributed by atoms with Crippen LogP contribution in [0.5, 0.6) is 0 Å². The van der Waals surface area contributed by atoms with Crippen molar-refractivity contribution in [2.24, 2.45) is 0 Å². The number of amides is 1. The Bertz CT molecular complexity index is 842. The molecule has 0 aromatic heterocycles. The zero-order chi connectivity index (χ0) is 20.0. The molecule has 2 aromatic carbocycles. The molecule has 1 heterocycles. The third-order valence-electron chi connectivity index (χ3n) is 5.24. The number of carbonyl (C=O) groups excluding carboxylic acids is 1. The largest absolute Gasteiger partial charge is 0.381 e. The molecule has 0 radical (unpaired) electrons. The lowest BCUT2D eigenvalue weighted by Crippen LogP contribution is -2.50. The summed E-state index contributed by atoms with van der Waals surface area (Å²) in [6.07, 6.45) is 5.58. The van der Waals surface area contributed by atoms with E-state index in [0.717, 1.165) is 52.8 Å². The Morgan fingerprint density at radius 3 is 2.68 bits per heavy atom. The van der Waals surface area contributed by atoms with Crippen LogP contribution in [0.25, 0.3) is 6.08 Å². The summed E-state index contributed by atoms with van der Waals surface area (Å²) in [5.74, 6) is -0.129. The van der Waals surface area contributed by atoms with Gasteiger partial charge in [-0.15, -0.1) is 0 Å². The van der Waals surface area contributed by atoms with Crippen LogP contribution in [0, 0.1) is 0 Å². The number of carbonyl (C=O) groups is 1. The van der Waals surface area contributed by atoms with Gasteiger partial charge in [0.2, 0.25) is 5.91 Å². The molecular formula is C23H28BrN2O2+. The van der Waals surface area contributed by atoms with Crippen LogP contribution in [0.3, 0.4) is 0 Å². The van der Waals surface area contributed by atoms with Crippen LogP contribution in [0.15, 0.2) is 59.1 Å². The molecule has 1 fully saturated rings. The molecule has 0 unspecified atom stereocenters. The maximum atomic E-state index is 12.3. The standard InChI is InChI=1S/C23H27BrN2O2/c1-26(2,22-11-13-28-14-12-22)17-19-6-4-8-21(16-19)25-23(27)10-9-18-5-3-7-20(24)15-18/h3-10,15-16,22H,11-14,17H2,1-2H3/p+1/b10-9+. The van der Waals surface area contributed by atoms with Crippen LogP contribution < -0.4 is 5.32 Å². The van der Waals surface area contributed by atoms with Crippen molar-refractivity contribution in [1.82, 2.24) is 0 Å². The molecule has 0 bridgehead atoms. The predicted octanol–water partition coefficient (Wildman–Crippen LogP) is 4.86. The Hall–Kier alpha value is -1.95. The second kappa shape index (κ2) is 9.50. The summed E-state index contributed by atoms with van der Waals surface area (Å²) in [5, 5.41) is 2.97. The fourth-order valence-corrected chi connectivity index (χ4v) is 4.11. The second-order valence-corrected chi connectivity index (χ2v) is 8.77. The number of quaternary nitrogens is 1. The molecule has 0 spiro atoms. The van der Waals surface area contributed by atoms with Crippen LogP contribution in [-0.2, 0) is 16.1 Å². The van der Waals surface area contributed by atoms with Crippen molar-refractivity contribution < 1.29 is 14.0 Å². The Kier molecular flexibility index (Phi) is 7.05. The highest BCUT2D eigenvalue weighted by Crippen LogP contribution is 2.23. The van der Waals surface area contributed by atoms with Gasteiger partial charge in [0.25, 0.3) is 0 Å².